The number of pyridine rings is 1. The molecule has 0 saturated carbocycles. The molecule has 3 rings (SSSR count). The number of esters is 2. The topological polar surface area (TPSA) is 84.0 Å². The molecule has 7 nitrogen and oxygen atoms in total. The Labute approximate surface area is 237 Å². The Kier molecular flexibility index (Phi) is 9.68. The summed E-state index contributed by atoms with van der Waals surface area (Å²) >= 11 is 0. The zero-order chi connectivity index (χ0) is 31.3. The van der Waals surface area contributed by atoms with E-state index in [0.29, 0.717) is 0 Å². The summed E-state index contributed by atoms with van der Waals surface area (Å²) < 4.78 is 105. The lowest BCUT2D eigenvalue weighted by Gasteiger charge is -2.33. The maximum atomic E-state index is 14.2. The third-order valence-electron chi connectivity index (χ3n) is 6.54. The van der Waals surface area contributed by atoms with Crippen molar-refractivity contribution < 1.29 is 54.9 Å². The lowest BCUT2D eigenvalue weighted by atomic mass is 9.92. The van der Waals surface area contributed by atoms with Gasteiger partial charge in [-0.15, -0.1) is 0 Å². The average Bonchev–Trinajstić information content (AvgIpc) is 2.94. The van der Waals surface area contributed by atoms with Crippen LogP contribution >= 0.6 is 0 Å². The molecule has 0 fully saturated rings. The molecule has 4 atom stereocenters. The molecule has 13 heteroatoms. The van der Waals surface area contributed by atoms with Gasteiger partial charge in [-0.05, 0) is 26.0 Å². The first kappa shape index (κ1) is 32.5. The number of carbonyl (C=O) groups excluding carboxylic acids is 2. The molecule has 2 unspecified atom stereocenters. The standard InChI is InChI=1S/C29H27F6NO6/c1-18(41-24(37)26(39-3,28(30,31)32)20-12-7-5-8-13-20)22-16-11-17-23(36-22)19(2)42-25(38)27(40-4,29(33,34)35)21-14-9-6-10-15-21/h5-19H,1-4H3/t18-,19-,26?,27?/m1/s1. The van der Waals surface area contributed by atoms with Crippen molar-refractivity contribution in [2.45, 2.75) is 49.6 Å². The van der Waals surface area contributed by atoms with Gasteiger partial charge in [0.25, 0.3) is 11.2 Å². The number of alkyl halides is 6. The Morgan fingerprint density at radius 2 is 0.929 bits per heavy atom. The molecule has 1 aromatic heterocycles. The molecule has 0 spiro atoms. The van der Waals surface area contributed by atoms with Gasteiger partial charge in [0.05, 0.1) is 11.4 Å². The van der Waals surface area contributed by atoms with Crippen LogP contribution in [0.1, 0.15) is 48.6 Å². The summed E-state index contributed by atoms with van der Waals surface area (Å²) in [6.07, 6.45) is -13.2. The van der Waals surface area contributed by atoms with Crippen LogP contribution in [-0.4, -0.2) is 43.5 Å². The van der Waals surface area contributed by atoms with Crippen LogP contribution in [0.4, 0.5) is 26.3 Å². The van der Waals surface area contributed by atoms with Crippen LogP contribution in [-0.2, 0) is 39.7 Å². The highest BCUT2D eigenvalue weighted by Crippen LogP contribution is 2.45. The lowest BCUT2D eigenvalue weighted by Crippen LogP contribution is -2.52. The number of carbonyl (C=O) groups is 2. The molecule has 0 aliphatic rings. The van der Waals surface area contributed by atoms with E-state index < -0.39 is 58.8 Å². The van der Waals surface area contributed by atoms with Crippen molar-refractivity contribution in [2.75, 3.05) is 14.2 Å². The van der Waals surface area contributed by atoms with Crippen LogP contribution in [0.5, 0.6) is 0 Å². The third kappa shape index (κ3) is 5.97. The maximum absolute atomic E-state index is 14.2. The molecule has 0 aliphatic carbocycles. The van der Waals surface area contributed by atoms with Gasteiger partial charge in [0.2, 0.25) is 0 Å². The van der Waals surface area contributed by atoms with Crippen molar-refractivity contribution in [3.8, 4) is 0 Å². The second-order valence-electron chi connectivity index (χ2n) is 9.08. The molecular weight excluding hydrogens is 572 g/mol. The molecule has 1 heterocycles. The average molecular weight is 600 g/mol. The summed E-state index contributed by atoms with van der Waals surface area (Å²) in [5.74, 6) is -3.53. The minimum Gasteiger partial charge on any atom is -0.453 e. The van der Waals surface area contributed by atoms with E-state index in [9.17, 15) is 35.9 Å². The fourth-order valence-corrected chi connectivity index (χ4v) is 4.30. The number of hydrogen-bond donors (Lipinski definition) is 0. The first-order chi connectivity index (χ1) is 19.7. The summed E-state index contributed by atoms with van der Waals surface area (Å²) in [7, 11) is 1.44. The summed E-state index contributed by atoms with van der Waals surface area (Å²) in [4.78, 5) is 30.1. The number of aromatic nitrogens is 1. The normalized spacial score (nSPS) is 16.4. The lowest BCUT2D eigenvalue weighted by molar-refractivity contribution is -0.279. The quantitative estimate of drug-likeness (QED) is 0.194. The monoisotopic (exact) mass is 599 g/mol. The first-order valence-electron chi connectivity index (χ1n) is 12.4. The molecule has 0 N–H and O–H groups in total. The van der Waals surface area contributed by atoms with Gasteiger partial charge in [0.15, 0.2) is 0 Å². The van der Waals surface area contributed by atoms with Gasteiger partial charge >= 0.3 is 24.3 Å². The third-order valence-corrected chi connectivity index (χ3v) is 6.54. The highest BCUT2D eigenvalue weighted by molar-refractivity contribution is 5.83. The fraction of sp³-hybridized carbons (Fsp3) is 0.345. The second kappa shape index (κ2) is 12.5. The number of nitrogens with zero attached hydrogens (tertiary/aromatic N) is 1. The Balaban J connectivity index is 1.88. The second-order valence-corrected chi connectivity index (χ2v) is 9.08. The summed E-state index contributed by atoms with van der Waals surface area (Å²) in [5, 5.41) is 0. The number of halogens is 6. The predicted molar refractivity (Wildman–Crippen MR) is 136 cm³/mol. The molecule has 0 saturated heterocycles. The number of rotatable bonds is 10. The molecule has 42 heavy (non-hydrogen) atoms. The zero-order valence-electron chi connectivity index (χ0n) is 22.8. The van der Waals surface area contributed by atoms with E-state index in [1.807, 2.05) is 0 Å². The Morgan fingerprint density at radius 3 is 1.21 bits per heavy atom. The van der Waals surface area contributed by atoms with Crippen molar-refractivity contribution in [1.82, 2.24) is 4.98 Å². The van der Waals surface area contributed by atoms with Gasteiger partial charge in [0, 0.05) is 25.3 Å². The van der Waals surface area contributed by atoms with Gasteiger partial charge in [-0.1, -0.05) is 66.7 Å². The van der Waals surface area contributed by atoms with E-state index >= 15 is 0 Å². The highest BCUT2D eigenvalue weighted by atomic mass is 19.4. The van der Waals surface area contributed by atoms with Crippen LogP contribution in [0.15, 0.2) is 78.9 Å². The first-order valence-corrected chi connectivity index (χ1v) is 12.4. The molecule has 0 amide bonds. The van der Waals surface area contributed by atoms with Crippen molar-refractivity contribution >= 4 is 11.9 Å². The smallest absolute Gasteiger partial charge is 0.432 e. The van der Waals surface area contributed by atoms with E-state index in [1.165, 1.54) is 68.4 Å². The molecular formula is C29H27F6NO6. The maximum Gasteiger partial charge on any atom is 0.432 e. The van der Waals surface area contributed by atoms with Gasteiger partial charge in [-0.2, -0.15) is 26.3 Å². The van der Waals surface area contributed by atoms with E-state index in [2.05, 4.69) is 4.98 Å². The SMILES string of the molecule is COC(C(=O)O[C@H](C)c1cccc([C@@H](C)OC(=O)C(OC)(c2ccccc2)C(F)(F)F)n1)(c1ccccc1)C(F)(F)F. The van der Waals surface area contributed by atoms with Crippen LogP contribution < -0.4 is 0 Å². The van der Waals surface area contributed by atoms with Gasteiger partial charge in [-0.3, -0.25) is 4.98 Å². The van der Waals surface area contributed by atoms with Gasteiger partial charge in [-0.25, -0.2) is 9.59 Å². The minimum atomic E-state index is -5.21. The van der Waals surface area contributed by atoms with Crippen molar-refractivity contribution in [2.24, 2.45) is 0 Å². The Bertz CT molecular complexity index is 1270. The Hall–Kier alpha value is -3.97. The predicted octanol–water partition coefficient (Wildman–Crippen LogP) is 6.50. The summed E-state index contributed by atoms with van der Waals surface area (Å²) in [6, 6.07) is 16.4. The van der Waals surface area contributed by atoms with Crippen molar-refractivity contribution in [1.29, 1.82) is 0 Å². The number of benzene rings is 2. The molecule has 0 radical (unpaired) electrons. The molecule has 0 bridgehead atoms. The van der Waals surface area contributed by atoms with E-state index in [-0.39, 0.29) is 11.4 Å². The molecule has 2 aromatic carbocycles. The number of ether oxygens (including phenoxy) is 4. The summed E-state index contributed by atoms with van der Waals surface area (Å²) in [6.45, 7) is 2.50. The molecule has 226 valence electrons. The van der Waals surface area contributed by atoms with Crippen LogP contribution in [0.25, 0.3) is 0 Å². The van der Waals surface area contributed by atoms with Crippen molar-refractivity contribution in [3.05, 3.63) is 101 Å². The van der Waals surface area contributed by atoms with E-state index in [4.69, 9.17) is 18.9 Å². The van der Waals surface area contributed by atoms with Gasteiger partial charge < -0.3 is 18.9 Å². The summed E-state index contributed by atoms with van der Waals surface area (Å²) in [5.41, 5.74) is -8.04. The van der Waals surface area contributed by atoms with Gasteiger partial charge in [0.1, 0.15) is 12.2 Å². The highest BCUT2D eigenvalue weighted by Gasteiger charge is 2.65. The fourth-order valence-electron chi connectivity index (χ4n) is 4.30. The van der Waals surface area contributed by atoms with Crippen LogP contribution in [0.3, 0.4) is 0 Å². The van der Waals surface area contributed by atoms with E-state index in [1.54, 1.807) is 0 Å². The zero-order valence-corrected chi connectivity index (χ0v) is 22.8. The van der Waals surface area contributed by atoms with Crippen LogP contribution in [0, 0.1) is 0 Å². The van der Waals surface area contributed by atoms with Crippen LogP contribution in [0.2, 0.25) is 0 Å². The van der Waals surface area contributed by atoms with E-state index in [0.717, 1.165) is 38.5 Å². The number of methoxy groups -OCH3 is 2. The van der Waals surface area contributed by atoms with Crippen molar-refractivity contribution in [3.63, 3.8) is 0 Å². The molecule has 0 aliphatic heterocycles. The Morgan fingerprint density at radius 1 is 0.595 bits per heavy atom. The largest absolute Gasteiger partial charge is 0.453 e. The molecule has 3 aromatic rings. The number of hydrogen-bond acceptors (Lipinski definition) is 7. The minimum absolute atomic E-state index is 0.0686.